The molecule has 0 bridgehead atoms. The number of halogens is 1. The molecule has 15 heavy (non-hydrogen) atoms. The van der Waals surface area contributed by atoms with Crippen LogP contribution in [-0.4, -0.2) is 41.7 Å². The second-order valence-corrected chi connectivity index (χ2v) is 4.94. The van der Waals surface area contributed by atoms with Crippen molar-refractivity contribution in [1.82, 2.24) is 5.32 Å². The van der Waals surface area contributed by atoms with E-state index in [1.807, 2.05) is 6.92 Å². The van der Waals surface area contributed by atoms with Gasteiger partial charge in [0, 0.05) is 26.7 Å². The van der Waals surface area contributed by atoms with Crippen molar-refractivity contribution in [3.63, 3.8) is 0 Å². The van der Waals surface area contributed by atoms with E-state index in [1.54, 1.807) is 14.0 Å². The summed E-state index contributed by atoms with van der Waals surface area (Å²) >= 11 is 3.24. The molecule has 90 valence electrons. The van der Waals surface area contributed by atoms with Crippen molar-refractivity contribution in [2.45, 2.75) is 37.1 Å². The van der Waals surface area contributed by atoms with E-state index < -0.39 is 5.60 Å². The molecule has 0 aliphatic carbocycles. The minimum Gasteiger partial charge on any atom is -0.388 e. The highest BCUT2D eigenvalue weighted by Crippen LogP contribution is 2.09. The lowest BCUT2D eigenvalue weighted by Crippen LogP contribution is -2.43. The molecule has 0 aliphatic rings. The molecule has 0 spiro atoms. The van der Waals surface area contributed by atoms with Crippen LogP contribution in [0.1, 0.15) is 26.7 Å². The second-order valence-electron chi connectivity index (χ2n) is 3.83. The predicted molar refractivity (Wildman–Crippen MR) is 63.1 cm³/mol. The zero-order chi connectivity index (χ0) is 11.9. The fourth-order valence-electron chi connectivity index (χ4n) is 0.984. The van der Waals surface area contributed by atoms with Crippen molar-refractivity contribution in [2.24, 2.45) is 0 Å². The molecule has 0 aromatic heterocycles. The number of aliphatic hydroxyl groups is 1. The minimum absolute atomic E-state index is 0.0878. The van der Waals surface area contributed by atoms with Gasteiger partial charge in [0.2, 0.25) is 5.91 Å². The van der Waals surface area contributed by atoms with Gasteiger partial charge >= 0.3 is 0 Å². The summed E-state index contributed by atoms with van der Waals surface area (Å²) in [5.74, 6) is -0.0878. The molecular weight excluding hydrogens is 262 g/mol. The smallest absolute Gasteiger partial charge is 0.233 e. The van der Waals surface area contributed by atoms with E-state index in [1.165, 1.54) is 0 Å². The van der Waals surface area contributed by atoms with Crippen molar-refractivity contribution in [2.75, 3.05) is 20.3 Å². The van der Waals surface area contributed by atoms with Gasteiger partial charge in [-0.3, -0.25) is 4.79 Å². The molecule has 2 unspecified atom stereocenters. The fraction of sp³-hybridized carbons (Fsp3) is 0.900. The largest absolute Gasteiger partial charge is 0.388 e. The number of hydrogen-bond acceptors (Lipinski definition) is 3. The van der Waals surface area contributed by atoms with E-state index in [4.69, 9.17) is 4.74 Å². The van der Waals surface area contributed by atoms with Gasteiger partial charge in [0.1, 0.15) is 0 Å². The monoisotopic (exact) mass is 281 g/mol. The van der Waals surface area contributed by atoms with Crippen LogP contribution in [-0.2, 0) is 9.53 Å². The van der Waals surface area contributed by atoms with Crippen molar-refractivity contribution < 1.29 is 14.6 Å². The summed E-state index contributed by atoms with van der Waals surface area (Å²) < 4.78 is 4.87. The van der Waals surface area contributed by atoms with Crippen LogP contribution >= 0.6 is 15.9 Å². The molecule has 0 saturated carbocycles. The second kappa shape index (κ2) is 7.19. The third kappa shape index (κ3) is 6.87. The molecule has 4 nitrogen and oxygen atoms in total. The van der Waals surface area contributed by atoms with Crippen molar-refractivity contribution in [3.8, 4) is 0 Å². The molecule has 0 saturated heterocycles. The van der Waals surface area contributed by atoms with Crippen LogP contribution in [0.4, 0.5) is 0 Å². The van der Waals surface area contributed by atoms with Crippen LogP contribution in [0.2, 0.25) is 0 Å². The van der Waals surface area contributed by atoms with E-state index in [0.717, 1.165) is 6.42 Å². The first-order chi connectivity index (χ1) is 6.93. The van der Waals surface area contributed by atoms with Gasteiger partial charge < -0.3 is 15.2 Å². The third-order valence-corrected chi connectivity index (χ3v) is 3.19. The Morgan fingerprint density at radius 3 is 2.73 bits per heavy atom. The average molecular weight is 282 g/mol. The van der Waals surface area contributed by atoms with Crippen LogP contribution in [0.15, 0.2) is 0 Å². The van der Waals surface area contributed by atoms with E-state index >= 15 is 0 Å². The molecule has 2 N–H and O–H groups in total. The number of hydrogen-bond donors (Lipinski definition) is 2. The Morgan fingerprint density at radius 1 is 1.67 bits per heavy atom. The minimum atomic E-state index is -0.911. The highest BCUT2D eigenvalue weighted by molar-refractivity contribution is 9.10. The lowest BCUT2D eigenvalue weighted by Gasteiger charge is -2.23. The first-order valence-electron chi connectivity index (χ1n) is 5.06. The van der Waals surface area contributed by atoms with Crippen LogP contribution in [0.5, 0.6) is 0 Å². The van der Waals surface area contributed by atoms with Gasteiger partial charge in [0.15, 0.2) is 0 Å². The Morgan fingerprint density at radius 2 is 2.27 bits per heavy atom. The number of methoxy groups -OCH3 is 1. The maximum atomic E-state index is 11.4. The van der Waals surface area contributed by atoms with Crippen LogP contribution in [0.3, 0.4) is 0 Å². The summed E-state index contributed by atoms with van der Waals surface area (Å²) in [5.41, 5.74) is -0.911. The Bertz CT molecular complexity index is 197. The highest BCUT2D eigenvalue weighted by Gasteiger charge is 2.22. The van der Waals surface area contributed by atoms with Gasteiger partial charge in [0.25, 0.3) is 0 Å². The quantitative estimate of drug-likeness (QED) is 0.687. The lowest BCUT2D eigenvalue weighted by atomic mass is 10.0. The van der Waals surface area contributed by atoms with Gasteiger partial charge in [-0.2, -0.15) is 0 Å². The summed E-state index contributed by atoms with van der Waals surface area (Å²) in [4.78, 5) is 11.2. The molecule has 0 aliphatic heterocycles. The number of alkyl halides is 1. The molecule has 0 radical (unpaired) electrons. The lowest BCUT2D eigenvalue weighted by molar-refractivity contribution is -0.121. The normalized spacial score (nSPS) is 16.9. The van der Waals surface area contributed by atoms with Crippen molar-refractivity contribution in [1.29, 1.82) is 0 Å². The summed E-state index contributed by atoms with van der Waals surface area (Å²) in [7, 11) is 1.58. The third-order valence-electron chi connectivity index (χ3n) is 2.13. The predicted octanol–water partition coefficient (Wildman–Crippen LogP) is 1.06. The zero-order valence-electron chi connectivity index (χ0n) is 9.55. The SMILES string of the molecule is CCC(Br)C(=O)NCC(C)(O)CCOC. The van der Waals surface area contributed by atoms with E-state index in [2.05, 4.69) is 21.2 Å². The summed E-state index contributed by atoms with van der Waals surface area (Å²) in [6.07, 6.45) is 1.23. The van der Waals surface area contributed by atoms with E-state index in [-0.39, 0.29) is 17.3 Å². The Balaban J connectivity index is 3.86. The molecular formula is C10H20BrNO3. The molecule has 0 fully saturated rings. The van der Waals surface area contributed by atoms with Crippen molar-refractivity contribution in [3.05, 3.63) is 0 Å². The summed E-state index contributed by atoms with van der Waals surface area (Å²) in [5, 5.41) is 12.5. The Labute approximate surface area is 99.5 Å². The number of carbonyl (C=O) groups excluding carboxylic acids is 1. The van der Waals surface area contributed by atoms with Gasteiger partial charge in [-0.15, -0.1) is 0 Å². The fourth-order valence-corrected chi connectivity index (χ4v) is 1.15. The summed E-state index contributed by atoms with van der Waals surface area (Å²) in [6, 6.07) is 0. The molecule has 0 rings (SSSR count). The first kappa shape index (κ1) is 14.9. The maximum Gasteiger partial charge on any atom is 0.233 e. The molecule has 0 aromatic rings. The number of rotatable bonds is 7. The van der Waals surface area contributed by atoms with Gasteiger partial charge in [-0.1, -0.05) is 22.9 Å². The number of amides is 1. The molecule has 2 atom stereocenters. The average Bonchev–Trinajstić information content (AvgIpc) is 2.22. The van der Waals surface area contributed by atoms with Crippen LogP contribution in [0, 0.1) is 0 Å². The van der Waals surface area contributed by atoms with Crippen molar-refractivity contribution >= 4 is 21.8 Å². The Hall–Kier alpha value is -0.130. The van der Waals surface area contributed by atoms with E-state index in [0.29, 0.717) is 13.0 Å². The van der Waals surface area contributed by atoms with Gasteiger partial charge in [-0.05, 0) is 13.3 Å². The van der Waals surface area contributed by atoms with E-state index in [9.17, 15) is 9.90 Å². The molecule has 0 aromatic carbocycles. The Kier molecular flexibility index (Phi) is 7.13. The first-order valence-corrected chi connectivity index (χ1v) is 5.97. The number of carbonyl (C=O) groups is 1. The molecule has 1 amide bonds. The topological polar surface area (TPSA) is 58.6 Å². The van der Waals surface area contributed by atoms with Gasteiger partial charge in [0.05, 0.1) is 10.4 Å². The molecule has 5 heteroatoms. The van der Waals surface area contributed by atoms with Crippen LogP contribution < -0.4 is 5.32 Å². The maximum absolute atomic E-state index is 11.4. The molecule has 0 heterocycles. The van der Waals surface area contributed by atoms with Crippen LogP contribution in [0.25, 0.3) is 0 Å². The number of ether oxygens (including phenoxy) is 1. The zero-order valence-corrected chi connectivity index (χ0v) is 11.1. The van der Waals surface area contributed by atoms with Gasteiger partial charge in [-0.25, -0.2) is 0 Å². The summed E-state index contributed by atoms with van der Waals surface area (Å²) in [6.45, 7) is 4.33. The highest BCUT2D eigenvalue weighted by atomic mass is 79.9. The number of nitrogens with one attached hydrogen (secondary N) is 1. The standard InChI is InChI=1S/C10H20BrNO3/c1-4-8(11)9(13)12-7-10(2,14)5-6-15-3/h8,14H,4-7H2,1-3H3,(H,12,13).